The number of piperidine rings is 1. The Bertz CT molecular complexity index is 854. The van der Waals surface area contributed by atoms with Gasteiger partial charge in [-0.1, -0.05) is 11.6 Å². The molecule has 0 spiro atoms. The van der Waals surface area contributed by atoms with Crippen molar-refractivity contribution in [2.45, 2.75) is 13.3 Å². The number of halogens is 1. The van der Waals surface area contributed by atoms with Crippen molar-refractivity contribution in [1.29, 1.82) is 0 Å². The number of likely N-dealkylation sites (tertiary alicyclic amines) is 1. The quantitative estimate of drug-likeness (QED) is 0.560. The lowest BCUT2D eigenvalue weighted by Crippen LogP contribution is -2.31. The standard InChI is InChI=1S/C20H26ClN3O3/c1-11-6-12-18(22)17(21)7-13(19(12)27-11)20(25)23-8-14-15-9-24(10-16(14)15)4-3-5-26-2/h6-7,14-16H,3-5,8-10,22H2,1-2H3,(H,23,25). The largest absolute Gasteiger partial charge is 0.460 e. The summed E-state index contributed by atoms with van der Waals surface area (Å²) in [5.41, 5.74) is 7.42. The van der Waals surface area contributed by atoms with Crippen molar-refractivity contribution in [2.75, 3.05) is 45.6 Å². The Morgan fingerprint density at radius 1 is 1.41 bits per heavy atom. The van der Waals surface area contributed by atoms with Crippen LogP contribution in [0.15, 0.2) is 16.5 Å². The number of benzene rings is 1. The number of nitrogens with zero attached hydrogens (tertiary/aromatic N) is 1. The number of nitrogens with one attached hydrogen (secondary N) is 1. The van der Waals surface area contributed by atoms with Gasteiger partial charge in [0.25, 0.3) is 5.91 Å². The second-order valence-electron chi connectivity index (χ2n) is 7.73. The minimum atomic E-state index is -0.154. The Morgan fingerprint density at radius 3 is 2.85 bits per heavy atom. The average molecular weight is 392 g/mol. The number of rotatable bonds is 7. The van der Waals surface area contributed by atoms with Crippen LogP contribution in [-0.2, 0) is 4.74 Å². The average Bonchev–Trinajstić information content (AvgIpc) is 2.97. The number of carbonyl (C=O) groups is 1. The Labute approximate surface area is 164 Å². The highest BCUT2D eigenvalue weighted by Gasteiger charge is 2.54. The van der Waals surface area contributed by atoms with E-state index in [1.165, 1.54) is 0 Å². The Hall–Kier alpha value is -1.76. The number of nitrogens with two attached hydrogens (primary N) is 1. The summed E-state index contributed by atoms with van der Waals surface area (Å²) in [6, 6.07) is 3.42. The lowest BCUT2D eigenvalue weighted by molar-refractivity contribution is 0.0949. The Balaban J connectivity index is 1.34. The fourth-order valence-electron chi connectivity index (χ4n) is 4.44. The number of furan rings is 1. The van der Waals surface area contributed by atoms with Crippen LogP contribution < -0.4 is 11.1 Å². The van der Waals surface area contributed by atoms with E-state index in [4.69, 9.17) is 26.5 Å². The van der Waals surface area contributed by atoms with Crippen LogP contribution in [0.2, 0.25) is 5.02 Å². The molecule has 1 aromatic heterocycles. The zero-order chi connectivity index (χ0) is 19.1. The molecule has 0 radical (unpaired) electrons. The summed E-state index contributed by atoms with van der Waals surface area (Å²) in [5.74, 6) is 2.53. The molecule has 2 unspecified atom stereocenters. The molecule has 1 aromatic carbocycles. The molecule has 2 atom stereocenters. The first kappa shape index (κ1) is 18.6. The van der Waals surface area contributed by atoms with Crippen LogP contribution in [0.1, 0.15) is 22.5 Å². The number of nitrogen functional groups attached to an aromatic ring is 1. The third-order valence-electron chi connectivity index (χ3n) is 5.93. The van der Waals surface area contributed by atoms with E-state index < -0.39 is 0 Å². The van der Waals surface area contributed by atoms with Crippen molar-refractivity contribution in [3.63, 3.8) is 0 Å². The molecule has 2 aliphatic rings. The van der Waals surface area contributed by atoms with Gasteiger partial charge in [0.1, 0.15) is 11.3 Å². The predicted molar refractivity (Wildman–Crippen MR) is 106 cm³/mol. The van der Waals surface area contributed by atoms with Crippen molar-refractivity contribution < 1.29 is 13.9 Å². The second kappa shape index (κ2) is 7.34. The normalized spacial score (nSPS) is 24.3. The van der Waals surface area contributed by atoms with E-state index in [1.807, 2.05) is 13.0 Å². The zero-order valence-electron chi connectivity index (χ0n) is 15.8. The van der Waals surface area contributed by atoms with E-state index >= 15 is 0 Å². The van der Waals surface area contributed by atoms with Gasteiger partial charge in [-0.05, 0) is 43.2 Å². The van der Waals surface area contributed by atoms with Crippen molar-refractivity contribution in [3.05, 3.63) is 28.5 Å². The van der Waals surface area contributed by atoms with Gasteiger partial charge in [-0.2, -0.15) is 0 Å². The molecule has 1 amide bonds. The number of hydrogen-bond acceptors (Lipinski definition) is 5. The van der Waals surface area contributed by atoms with Gasteiger partial charge in [0.15, 0.2) is 0 Å². The van der Waals surface area contributed by atoms with Crippen LogP contribution in [0.3, 0.4) is 0 Å². The van der Waals surface area contributed by atoms with Crippen molar-refractivity contribution in [1.82, 2.24) is 10.2 Å². The maximum absolute atomic E-state index is 12.7. The highest BCUT2D eigenvalue weighted by molar-refractivity contribution is 6.35. The maximum atomic E-state index is 12.7. The molecule has 2 aromatic rings. The summed E-state index contributed by atoms with van der Waals surface area (Å²) in [6.07, 6.45) is 1.08. The molecule has 6 nitrogen and oxygen atoms in total. The van der Waals surface area contributed by atoms with Crippen LogP contribution >= 0.6 is 11.6 Å². The fourth-order valence-corrected chi connectivity index (χ4v) is 4.65. The summed E-state index contributed by atoms with van der Waals surface area (Å²) in [6.45, 7) is 6.70. The molecule has 1 saturated carbocycles. The molecule has 1 aliphatic carbocycles. The van der Waals surface area contributed by atoms with Gasteiger partial charge in [-0.25, -0.2) is 0 Å². The molecule has 3 N–H and O–H groups in total. The van der Waals surface area contributed by atoms with Gasteiger partial charge in [-0.15, -0.1) is 0 Å². The number of fused-ring (bicyclic) bond motifs is 2. The monoisotopic (exact) mass is 391 g/mol. The molecule has 1 saturated heterocycles. The van der Waals surface area contributed by atoms with E-state index in [2.05, 4.69) is 10.2 Å². The number of aryl methyl sites for hydroxylation is 1. The number of carbonyl (C=O) groups excluding carboxylic acids is 1. The molecule has 1 aliphatic heterocycles. The summed E-state index contributed by atoms with van der Waals surface area (Å²) in [4.78, 5) is 15.2. The van der Waals surface area contributed by atoms with Crippen molar-refractivity contribution in [3.8, 4) is 0 Å². The molecular formula is C20H26ClN3O3. The van der Waals surface area contributed by atoms with Gasteiger partial charge in [0.2, 0.25) is 0 Å². The van der Waals surface area contributed by atoms with Crippen molar-refractivity contribution in [2.24, 2.45) is 17.8 Å². The van der Waals surface area contributed by atoms with Crippen LogP contribution in [0, 0.1) is 24.7 Å². The first-order valence-corrected chi connectivity index (χ1v) is 9.85. The van der Waals surface area contributed by atoms with E-state index in [0.717, 1.165) is 32.7 Å². The SMILES string of the molecule is COCCCN1CC2C(CNC(=O)c3cc(Cl)c(N)c4cc(C)oc34)C2C1. The minimum Gasteiger partial charge on any atom is -0.460 e. The summed E-state index contributed by atoms with van der Waals surface area (Å²) in [7, 11) is 1.74. The minimum absolute atomic E-state index is 0.154. The first-order chi connectivity index (χ1) is 13.0. The molecule has 2 heterocycles. The summed E-state index contributed by atoms with van der Waals surface area (Å²) >= 11 is 6.21. The first-order valence-electron chi connectivity index (χ1n) is 9.47. The van der Waals surface area contributed by atoms with E-state index in [0.29, 0.717) is 57.3 Å². The highest BCUT2D eigenvalue weighted by atomic mass is 35.5. The number of methoxy groups -OCH3 is 1. The van der Waals surface area contributed by atoms with Crippen LogP contribution in [0.4, 0.5) is 5.69 Å². The van der Waals surface area contributed by atoms with Crippen LogP contribution in [0.25, 0.3) is 11.0 Å². The zero-order valence-corrected chi connectivity index (χ0v) is 16.5. The van der Waals surface area contributed by atoms with E-state index in [9.17, 15) is 4.79 Å². The van der Waals surface area contributed by atoms with E-state index in [-0.39, 0.29) is 5.91 Å². The molecule has 27 heavy (non-hydrogen) atoms. The summed E-state index contributed by atoms with van der Waals surface area (Å²) in [5, 5.41) is 4.14. The predicted octanol–water partition coefficient (Wildman–Crippen LogP) is 2.92. The smallest absolute Gasteiger partial charge is 0.255 e. The van der Waals surface area contributed by atoms with E-state index in [1.54, 1.807) is 13.2 Å². The van der Waals surface area contributed by atoms with Gasteiger partial charge in [-0.3, -0.25) is 4.79 Å². The Kier molecular flexibility index (Phi) is 5.05. The van der Waals surface area contributed by atoms with Gasteiger partial charge in [0, 0.05) is 45.3 Å². The van der Waals surface area contributed by atoms with Crippen LogP contribution in [0.5, 0.6) is 0 Å². The third-order valence-corrected chi connectivity index (χ3v) is 6.24. The number of ether oxygens (including phenoxy) is 1. The van der Waals surface area contributed by atoms with Crippen molar-refractivity contribution >= 4 is 34.2 Å². The molecule has 7 heteroatoms. The summed E-state index contributed by atoms with van der Waals surface area (Å²) < 4.78 is 10.8. The molecule has 4 rings (SSSR count). The number of amides is 1. The highest BCUT2D eigenvalue weighted by Crippen LogP contribution is 2.51. The lowest BCUT2D eigenvalue weighted by atomic mass is 10.1. The molecule has 0 bridgehead atoms. The van der Waals surface area contributed by atoms with Gasteiger partial charge in [0.05, 0.1) is 16.3 Å². The molecule has 2 fully saturated rings. The third kappa shape index (κ3) is 3.53. The molecule has 146 valence electrons. The second-order valence-corrected chi connectivity index (χ2v) is 8.13. The van der Waals surface area contributed by atoms with Gasteiger partial charge < -0.3 is 25.1 Å². The maximum Gasteiger partial charge on any atom is 0.255 e. The lowest BCUT2D eigenvalue weighted by Gasteiger charge is -2.19. The van der Waals surface area contributed by atoms with Gasteiger partial charge >= 0.3 is 0 Å². The Morgan fingerprint density at radius 2 is 2.15 bits per heavy atom. The topological polar surface area (TPSA) is 80.7 Å². The molecular weight excluding hydrogens is 366 g/mol. The van der Waals surface area contributed by atoms with Crippen LogP contribution in [-0.4, -0.2) is 50.7 Å². The number of anilines is 1. The fraction of sp³-hybridized carbons (Fsp3) is 0.550. The number of hydrogen-bond donors (Lipinski definition) is 2.